The van der Waals surface area contributed by atoms with Gasteiger partial charge in [0.1, 0.15) is 5.75 Å². The molecule has 0 aliphatic carbocycles. The Kier molecular flexibility index (Phi) is 6.78. The highest BCUT2D eigenvalue weighted by atomic mass is 16.5. The lowest BCUT2D eigenvalue weighted by atomic mass is 10.1. The first-order valence-electron chi connectivity index (χ1n) is 8.71. The molecule has 0 radical (unpaired) electrons. The van der Waals surface area contributed by atoms with Crippen LogP contribution >= 0.6 is 0 Å². The molecule has 5 heteroatoms. The number of carbonyl (C=O) groups is 2. The standard InChI is InChI=1S/C21H26N2O3/c1-15-9-10-16(2)19(13-15)26-17(3)21(25)23(12-11-20(22)24)14-18-7-5-4-6-8-18/h4-10,13,17H,11-12,14H2,1-3H3,(H2,22,24). The van der Waals surface area contributed by atoms with Crippen molar-refractivity contribution in [2.75, 3.05) is 6.54 Å². The maximum absolute atomic E-state index is 12.9. The molecular weight excluding hydrogens is 328 g/mol. The molecule has 0 heterocycles. The number of benzene rings is 2. The van der Waals surface area contributed by atoms with Crippen LogP contribution in [0.4, 0.5) is 0 Å². The number of carbonyl (C=O) groups excluding carboxylic acids is 2. The average Bonchev–Trinajstić information content (AvgIpc) is 2.61. The summed E-state index contributed by atoms with van der Waals surface area (Å²) in [5.74, 6) is 0.0929. The molecule has 0 spiro atoms. The van der Waals surface area contributed by atoms with Crippen LogP contribution in [-0.4, -0.2) is 29.4 Å². The number of amides is 2. The van der Waals surface area contributed by atoms with Crippen molar-refractivity contribution in [2.24, 2.45) is 5.73 Å². The molecule has 2 amide bonds. The molecule has 0 aliphatic heterocycles. The van der Waals surface area contributed by atoms with Gasteiger partial charge in [-0.05, 0) is 43.5 Å². The van der Waals surface area contributed by atoms with E-state index in [9.17, 15) is 9.59 Å². The summed E-state index contributed by atoms with van der Waals surface area (Å²) in [6, 6.07) is 15.5. The lowest BCUT2D eigenvalue weighted by molar-refractivity contribution is -0.139. The number of aryl methyl sites for hydroxylation is 2. The minimum Gasteiger partial charge on any atom is -0.481 e. The lowest BCUT2D eigenvalue weighted by Gasteiger charge is -2.26. The molecule has 2 aromatic rings. The van der Waals surface area contributed by atoms with E-state index in [2.05, 4.69) is 0 Å². The topological polar surface area (TPSA) is 72.6 Å². The van der Waals surface area contributed by atoms with Crippen molar-refractivity contribution < 1.29 is 14.3 Å². The predicted molar refractivity (Wildman–Crippen MR) is 102 cm³/mol. The Labute approximate surface area is 154 Å². The second-order valence-corrected chi connectivity index (χ2v) is 6.49. The molecule has 0 aliphatic rings. The molecule has 0 aromatic heterocycles. The molecule has 1 unspecified atom stereocenters. The van der Waals surface area contributed by atoms with E-state index in [1.165, 1.54) is 0 Å². The highest BCUT2D eigenvalue weighted by molar-refractivity contribution is 5.82. The van der Waals surface area contributed by atoms with Crippen LogP contribution in [0.25, 0.3) is 0 Å². The van der Waals surface area contributed by atoms with Gasteiger partial charge in [-0.1, -0.05) is 42.5 Å². The molecule has 0 fully saturated rings. The summed E-state index contributed by atoms with van der Waals surface area (Å²) in [5, 5.41) is 0. The van der Waals surface area contributed by atoms with Crippen molar-refractivity contribution in [1.82, 2.24) is 4.90 Å². The average molecular weight is 354 g/mol. The summed E-state index contributed by atoms with van der Waals surface area (Å²) in [6.07, 6.45) is -0.540. The van der Waals surface area contributed by atoms with E-state index in [4.69, 9.17) is 10.5 Å². The van der Waals surface area contributed by atoms with Crippen molar-refractivity contribution in [3.63, 3.8) is 0 Å². The minimum absolute atomic E-state index is 0.120. The van der Waals surface area contributed by atoms with E-state index in [-0.39, 0.29) is 18.9 Å². The number of primary amides is 1. The number of hydrogen-bond donors (Lipinski definition) is 1. The molecule has 5 nitrogen and oxygen atoms in total. The van der Waals surface area contributed by atoms with Gasteiger partial charge in [0.15, 0.2) is 6.10 Å². The summed E-state index contributed by atoms with van der Waals surface area (Å²) in [4.78, 5) is 25.7. The van der Waals surface area contributed by atoms with Crippen molar-refractivity contribution in [3.8, 4) is 5.75 Å². The Morgan fingerprint density at radius 2 is 1.81 bits per heavy atom. The fourth-order valence-electron chi connectivity index (χ4n) is 2.65. The highest BCUT2D eigenvalue weighted by Crippen LogP contribution is 2.21. The number of nitrogens with zero attached hydrogens (tertiary/aromatic N) is 1. The van der Waals surface area contributed by atoms with Gasteiger partial charge in [0.2, 0.25) is 5.91 Å². The Bertz CT molecular complexity index is 759. The van der Waals surface area contributed by atoms with Crippen LogP contribution in [0.2, 0.25) is 0 Å². The van der Waals surface area contributed by atoms with Crippen LogP contribution in [0.15, 0.2) is 48.5 Å². The zero-order valence-corrected chi connectivity index (χ0v) is 15.6. The van der Waals surface area contributed by atoms with Gasteiger partial charge in [0.25, 0.3) is 5.91 Å². The van der Waals surface area contributed by atoms with Crippen molar-refractivity contribution in [3.05, 3.63) is 65.2 Å². The Hall–Kier alpha value is -2.82. The second kappa shape index (κ2) is 9.04. The first-order valence-corrected chi connectivity index (χ1v) is 8.71. The number of rotatable bonds is 8. The normalized spacial score (nSPS) is 11.7. The zero-order chi connectivity index (χ0) is 19.1. The van der Waals surface area contributed by atoms with Crippen LogP contribution in [0, 0.1) is 13.8 Å². The van der Waals surface area contributed by atoms with Gasteiger partial charge < -0.3 is 15.4 Å². The van der Waals surface area contributed by atoms with Crippen LogP contribution in [0.3, 0.4) is 0 Å². The van der Waals surface area contributed by atoms with E-state index in [0.717, 1.165) is 16.7 Å². The van der Waals surface area contributed by atoms with Crippen molar-refractivity contribution in [2.45, 2.75) is 39.8 Å². The molecule has 0 saturated carbocycles. The minimum atomic E-state index is -0.660. The smallest absolute Gasteiger partial charge is 0.263 e. The Balaban J connectivity index is 2.12. The fourth-order valence-corrected chi connectivity index (χ4v) is 2.65. The summed E-state index contributed by atoms with van der Waals surface area (Å²) in [7, 11) is 0. The predicted octanol–water partition coefficient (Wildman–Crippen LogP) is 2.97. The fraction of sp³-hybridized carbons (Fsp3) is 0.333. The number of ether oxygens (including phenoxy) is 1. The van der Waals surface area contributed by atoms with Gasteiger partial charge in [-0.3, -0.25) is 9.59 Å². The first-order chi connectivity index (χ1) is 12.4. The first kappa shape index (κ1) is 19.5. The van der Waals surface area contributed by atoms with Crippen LogP contribution in [0.5, 0.6) is 5.75 Å². The Morgan fingerprint density at radius 1 is 1.12 bits per heavy atom. The molecule has 26 heavy (non-hydrogen) atoms. The van der Waals surface area contributed by atoms with Gasteiger partial charge in [-0.2, -0.15) is 0 Å². The molecule has 2 aromatic carbocycles. The summed E-state index contributed by atoms with van der Waals surface area (Å²) >= 11 is 0. The van der Waals surface area contributed by atoms with E-state index in [1.54, 1.807) is 11.8 Å². The number of hydrogen-bond acceptors (Lipinski definition) is 3. The monoisotopic (exact) mass is 354 g/mol. The highest BCUT2D eigenvalue weighted by Gasteiger charge is 2.23. The second-order valence-electron chi connectivity index (χ2n) is 6.49. The van der Waals surface area contributed by atoms with Crippen molar-refractivity contribution in [1.29, 1.82) is 0 Å². The van der Waals surface area contributed by atoms with Gasteiger partial charge in [-0.15, -0.1) is 0 Å². The Morgan fingerprint density at radius 3 is 2.46 bits per heavy atom. The quantitative estimate of drug-likeness (QED) is 0.792. The molecule has 0 bridgehead atoms. The third kappa shape index (κ3) is 5.62. The summed E-state index contributed by atoms with van der Waals surface area (Å²) in [5.41, 5.74) is 8.30. The summed E-state index contributed by atoms with van der Waals surface area (Å²) in [6.45, 7) is 6.33. The lowest BCUT2D eigenvalue weighted by Crippen LogP contribution is -2.41. The van der Waals surface area contributed by atoms with Gasteiger partial charge in [-0.25, -0.2) is 0 Å². The van der Waals surface area contributed by atoms with Gasteiger partial charge >= 0.3 is 0 Å². The van der Waals surface area contributed by atoms with Crippen LogP contribution in [-0.2, 0) is 16.1 Å². The van der Waals surface area contributed by atoms with E-state index in [0.29, 0.717) is 12.3 Å². The van der Waals surface area contributed by atoms with Gasteiger partial charge in [0.05, 0.1) is 0 Å². The molecule has 2 rings (SSSR count). The maximum atomic E-state index is 12.9. The third-order valence-corrected chi connectivity index (χ3v) is 4.15. The van der Waals surface area contributed by atoms with Gasteiger partial charge in [0, 0.05) is 19.5 Å². The SMILES string of the molecule is Cc1ccc(C)c(OC(C)C(=O)N(CCC(N)=O)Cc2ccccc2)c1. The van der Waals surface area contributed by atoms with Crippen LogP contribution < -0.4 is 10.5 Å². The third-order valence-electron chi connectivity index (χ3n) is 4.15. The largest absolute Gasteiger partial charge is 0.481 e. The maximum Gasteiger partial charge on any atom is 0.263 e. The van der Waals surface area contributed by atoms with Crippen LogP contribution in [0.1, 0.15) is 30.0 Å². The van der Waals surface area contributed by atoms with Crippen molar-refractivity contribution >= 4 is 11.8 Å². The molecule has 1 atom stereocenters. The summed E-state index contributed by atoms with van der Waals surface area (Å²) < 4.78 is 5.91. The molecular formula is C21H26N2O3. The molecule has 0 saturated heterocycles. The van der Waals surface area contributed by atoms with E-state index >= 15 is 0 Å². The van der Waals surface area contributed by atoms with E-state index in [1.807, 2.05) is 62.4 Å². The molecule has 138 valence electrons. The zero-order valence-electron chi connectivity index (χ0n) is 15.6. The molecule has 2 N–H and O–H groups in total. The van der Waals surface area contributed by atoms with E-state index < -0.39 is 12.0 Å². The number of nitrogens with two attached hydrogens (primary N) is 1.